The largest absolute Gasteiger partial charge is 0.494 e. The van der Waals surface area contributed by atoms with Crippen LogP contribution in [0.3, 0.4) is 0 Å². The van der Waals surface area contributed by atoms with E-state index in [2.05, 4.69) is 39.0 Å². The van der Waals surface area contributed by atoms with Crippen LogP contribution in [0.15, 0.2) is 60.7 Å². The third-order valence-electron chi connectivity index (χ3n) is 6.73. The number of unbranched alkanes of at least 4 members (excludes halogenated alkanes) is 6. The van der Waals surface area contributed by atoms with Gasteiger partial charge in [-0.15, -0.1) is 0 Å². The Bertz CT molecular complexity index is 1040. The predicted octanol–water partition coefficient (Wildman–Crippen LogP) is 9.17. The Labute approximate surface area is 211 Å². The molecule has 0 bridgehead atoms. The van der Waals surface area contributed by atoms with Crippen molar-refractivity contribution in [3.63, 3.8) is 0 Å². The summed E-state index contributed by atoms with van der Waals surface area (Å²) in [6, 6.07) is 20.2. The highest BCUT2D eigenvalue weighted by Crippen LogP contribution is 2.29. The molecule has 0 fully saturated rings. The average Bonchev–Trinajstić information content (AvgIpc) is 2.89. The first-order chi connectivity index (χ1) is 17.1. The van der Waals surface area contributed by atoms with Crippen LogP contribution < -0.4 is 9.47 Å². The quantitative estimate of drug-likeness (QED) is 0.153. The Morgan fingerprint density at radius 2 is 1.57 bits per heavy atom. The summed E-state index contributed by atoms with van der Waals surface area (Å²) in [6.45, 7) is 7.73. The van der Waals surface area contributed by atoms with Crippen molar-refractivity contribution in [2.45, 2.75) is 85.2 Å². The first-order valence-electron chi connectivity index (χ1n) is 13.5. The van der Waals surface area contributed by atoms with E-state index in [0.717, 1.165) is 52.8 Å². The van der Waals surface area contributed by atoms with Crippen LogP contribution in [0, 0.1) is 5.92 Å². The Morgan fingerprint density at radius 1 is 0.829 bits per heavy atom. The highest BCUT2D eigenvalue weighted by molar-refractivity contribution is 5.96. The number of fused-ring (bicyclic) bond motifs is 1. The molecule has 0 spiro atoms. The highest BCUT2D eigenvalue weighted by atomic mass is 16.5. The molecule has 0 unspecified atom stereocenters. The van der Waals surface area contributed by atoms with Crippen molar-refractivity contribution >= 4 is 16.6 Å². The SMILES string of the molecule is CCCCCCCCCOc1ccc2c(OCc3ccc(C(=O)C[C@H](C)CC)cc3)cccc2c1. The molecule has 35 heavy (non-hydrogen) atoms. The Kier molecular flexibility index (Phi) is 11.1. The molecule has 0 N–H and O–H groups in total. The molecule has 3 aromatic rings. The summed E-state index contributed by atoms with van der Waals surface area (Å²) >= 11 is 0. The van der Waals surface area contributed by atoms with E-state index in [1.165, 1.54) is 38.5 Å². The number of carbonyl (C=O) groups excluding carboxylic acids is 1. The van der Waals surface area contributed by atoms with Crippen LogP contribution in [0.4, 0.5) is 0 Å². The van der Waals surface area contributed by atoms with E-state index in [0.29, 0.717) is 18.9 Å². The van der Waals surface area contributed by atoms with E-state index in [-0.39, 0.29) is 5.78 Å². The number of ketones is 1. The van der Waals surface area contributed by atoms with Gasteiger partial charge in [0.25, 0.3) is 0 Å². The van der Waals surface area contributed by atoms with Crippen molar-refractivity contribution < 1.29 is 14.3 Å². The van der Waals surface area contributed by atoms with Crippen LogP contribution in [0.1, 0.15) is 94.5 Å². The van der Waals surface area contributed by atoms with Gasteiger partial charge in [0, 0.05) is 17.4 Å². The Morgan fingerprint density at radius 3 is 2.31 bits per heavy atom. The standard InChI is InChI=1S/C32H42O3/c1-4-6-7-8-9-10-11-21-34-29-19-20-30-28(23-29)13-12-14-32(30)35-24-26-15-17-27(18-16-26)31(33)22-25(3)5-2/h12-20,23,25H,4-11,21-22,24H2,1-3H3/t25-/m1/s1. The van der Waals surface area contributed by atoms with Crippen LogP contribution in [-0.4, -0.2) is 12.4 Å². The van der Waals surface area contributed by atoms with Crippen molar-refractivity contribution in [1.29, 1.82) is 0 Å². The number of ether oxygens (including phenoxy) is 2. The Hall–Kier alpha value is -2.81. The zero-order valence-corrected chi connectivity index (χ0v) is 21.9. The molecule has 1 atom stereocenters. The fourth-order valence-corrected chi connectivity index (χ4v) is 4.22. The van der Waals surface area contributed by atoms with E-state index in [9.17, 15) is 4.79 Å². The minimum atomic E-state index is 0.214. The zero-order valence-electron chi connectivity index (χ0n) is 21.9. The molecule has 0 saturated heterocycles. The second-order valence-electron chi connectivity index (χ2n) is 9.74. The van der Waals surface area contributed by atoms with Gasteiger partial charge in [-0.2, -0.15) is 0 Å². The van der Waals surface area contributed by atoms with Crippen LogP contribution in [0.2, 0.25) is 0 Å². The maximum absolute atomic E-state index is 12.4. The molecule has 0 amide bonds. The van der Waals surface area contributed by atoms with Gasteiger partial charge in [0.1, 0.15) is 18.1 Å². The molecule has 0 saturated carbocycles. The average molecular weight is 475 g/mol. The van der Waals surface area contributed by atoms with E-state index in [1.54, 1.807) is 0 Å². The summed E-state index contributed by atoms with van der Waals surface area (Å²) in [5.74, 6) is 2.41. The van der Waals surface area contributed by atoms with Gasteiger partial charge in [0.15, 0.2) is 5.78 Å². The lowest BCUT2D eigenvalue weighted by Crippen LogP contribution is -2.05. The predicted molar refractivity (Wildman–Crippen MR) is 147 cm³/mol. The lowest BCUT2D eigenvalue weighted by molar-refractivity contribution is 0.0963. The minimum Gasteiger partial charge on any atom is -0.494 e. The van der Waals surface area contributed by atoms with Crippen molar-refractivity contribution in [3.05, 3.63) is 71.8 Å². The lowest BCUT2D eigenvalue weighted by atomic mass is 9.97. The second kappa shape index (κ2) is 14.6. The zero-order chi connectivity index (χ0) is 24.9. The van der Waals surface area contributed by atoms with Gasteiger partial charge in [-0.3, -0.25) is 4.79 Å². The van der Waals surface area contributed by atoms with E-state index < -0.39 is 0 Å². The van der Waals surface area contributed by atoms with E-state index in [1.807, 2.05) is 42.5 Å². The van der Waals surface area contributed by atoms with Crippen molar-refractivity contribution in [2.75, 3.05) is 6.61 Å². The molecular weight excluding hydrogens is 432 g/mol. The van der Waals surface area contributed by atoms with Crippen molar-refractivity contribution in [1.82, 2.24) is 0 Å². The van der Waals surface area contributed by atoms with Crippen molar-refractivity contribution in [3.8, 4) is 11.5 Å². The number of Topliss-reactive ketones (excluding diaryl/α,β-unsaturated/α-hetero) is 1. The summed E-state index contributed by atoms with van der Waals surface area (Å²) in [5.41, 5.74) is 1.83. The molecule has 0 aromatic heterocycles. The summed E-state index contributed by atoms with van der Waals surface area (Å²) in [5, 5.41) is 2.20. The maximum atomic E-state index is 12.4. The molecule has 0 aliphatic heterocycles. The number of benzene rings is 3. The number of carbonyl (C=O) groups is 1. The first-order valence-corrected chi connectivity index (χ1v) is 13.5. The van der Waals surface area contributed by atoms with E-state index >= 15 is 0 Å². The molecular formula is C32H42O3. The summed E-state index contributed by atoms with van der Waals surface area (Å²) in [4.78, 5) is 12.4. The molecule has 188 valence electrons. The lowest BCUT2D eigenvalue weighted by Gasteiger charge is -2.12. The van der Waals surface area contributed by atoms with Gasteiger partial charge in [0.2, 0.25) is 0 Å². The van der Waals surface area contributed by atoms with Gasteiger partial charge >= 0.3 is 0 Å². The monoisotopic (exact) mass is 474 g/mol. The first kappa shape index (κ1) is 26.8. The van der Waals surface area contributed by atoms with Gasteiger partial charge in [-0.25, -0.2) is 0 Å². The summed E-state index contributed by atoms with van der Waals surface area (Å²) < 4.78 is 12.2. The van der Waals surface area contributed by atoms with Gasteiger partial charge in [-0.1, -0.05) is 102 Å². The normalized spacial score (nSPS) is 12.0. The third-order valence-corrected chi connectivity index (χ3v) is 6.73. The number of hydrogen-bond acceptors (Lipinski definition) is 3. The minimum absolute atomic E-state index is 0.214. The third kappa shape index (κ3) is 8.72. The molecule has 0 aliphatic rings. The number of rotatable bonds is 16. The van der Waals surface area contributed by atoms with Gasteiger partial charge in [0.05, 0.1) is 6.61 Å². The van der Waals surface area contributed by atoms with Crippen LogP contribution in [0.5, 0.6) is 11.5 Å². The number of hydrogen-bond donors (Lipinski definition) is 0. The topological polar surface area (TPSA) is 35.5 Å². The van der Waals surface area contributed by atoms with Crippen LogP contribution in [-0.2, 0) is 6.61 Å². The smallest absolute Gasteiger partial charge is 0.163 e. The molecule has 0 aliphatic carbocycles. The molecule has 3 nitrogen and oxygen atoms in total. The second-order valence-corrected chi connectivity index (χ2v) is 9.74. The fourth-order valence-electron chi connectivity index (χ4n) is 4.22. The van der Waals surface area contributed by atoms with Crippen LogP contribution in [0.25, 0.3) is 10.8 Å². The van der Waals surface area contributed by atoms with Gasteiger partial charge < -0.3 is 9.47 Å². The van der Waals surface area contributed by atoms with Crippen molar-refractivity contribution in [2.24, 2.45) is 5.92 Å². The van der Waals surface area contributed by atoms with Gasteiger partial charge in [-0.05, 0) is 47.6 Å². The summed E-state index contributed by atoms with van der Waals surface area (Å²) in [7, 11) is 0. The molecule has 3 heteroatoms. The van der Waals surface area contributed by atoms with E-state index in [4.69, 9.17) is 9.47 Å². The molecule has 0 radical (unpaired) electrons. The molecule has 3 aromatic carbocycles. The highest BCUT2D eigenvalue weighted by Gasteiger charge is 2.10. The molecule has 0 heterocycles. The molecule has 3 rings (SSSR count). The maximum Gasteiger partial charge on any atom is 0.163 e. The Balaban J connectivity index is 1.50. The fraction of sp³-hybridized carbons (Fsp3) is 0.469. The summed E-state index contributed by atoms with van der Waals surface area (Å²) in [6.07, 6.45) is 10.6. The van der Waals surface area contributed by atoms with Crippen LogP contribution >= 0.6 is 0 Å².